The number of benzene rings is 2. The van der Waals surface area contributed by atoms with Crippen molar-refractivity contribution in [3.63, 3.8) is 0 Å². The molecule has 4 aromatic rings. The van der Waals surface area contributed by atoms with Crippen LogP contribution in [0.25, 0.3) is 0 Å². The second-order valence-electron chi connectivity index (χ2n) is 18.3. The number of nitro groups is 2. The summed E-state index contributed by atoms with van der Waals surface area (Å²) in [6, 6.07) is 15.7. The standard InChI is InChI=1S/C26H34N6O5.C21H28N6O6S.BHN/c1-2-36-22(33)16-31(15-18-7-5-6-17(10-18)14-30-8-3-4-9-30)25-23(32(34)35)24(27)28-26(29-25)37-21-12-19-11-20(19)13-21;1-3-33-17(28)14-26(13-16-8-6-7-15(11-16)12-25-9-4-5-10-25)20-18(27(29)30)19(22)23-21(24-20)34(2,31)32;1-2/h5-7,10,19-21H,2-4,8-9,11-16H2,1H3,(H2,27,28,29);6-8,11H,3-5,9-10,12-14H2,1-2H3,(H2,22,23,24);2H/t19-,20+,21?;;. The van der Waals surface area contributed by atoms with Gasteiger partial charge in [-0.05, 0) is 119 Å². The van der Waals surface area contributed by atoms with Crippen molar-refractivity contribution < 1.29 is 42.1 Å². The van der Waals surface area contributed by atoms with E-state index in [4.69, 9.17) is 31.0 Å². The molecule has 0 bridgehead atoms. The number of hydrogen-bond acceptors (Lipinski definition) is 22. The number of hydrogen-bond donors (Lipinski definition) is 3. The number of sulfone groups is 1. The summed E-state index contributed by atoms with van der Waals surface area (Å²) in [5.74, 6) is -1.09. The summed E-state index contributed by atoms with van der Waals surface area (Å²) in [4.78, 5) is 70.9. The van der Waals surface area contributed by atoms with E-state index in [2.05, 4.69) is 49.5 Å². The van der Waals surface area contributed by atoms with Crippen LogP contribution in [0.3, 0.4) is 0 Å². The summed E-state index contributed by atoms with van der Waals surface area (Å²) in [5.41, 5.74) is 14.5. The molecular formula is C47H63BN13O11S. The molecule has 2 saturated heterocycles. The van der Waals surface area contributed by atoms with Gasteiger partial charge in [0, 0.05) is 32.4 Å². The first-order chi connectivity index (χ1) is 35.0. The van der Waals surface area contributed by atoms with Crippen molar-refractivity contribution in [3.8, 4) is 6.01 Å². The van der Waals surface area contributed by atoms with Gasteiger partial charge in [0.1, 0.15) is 19.2 Å². The van der Waals surface area contributed by atoms with Gasteiger partial charge in [0.25, 0.3) is 5.16 Å². The Balaban J connectivity index is 0.000000231. The topological polar surface area (TPSA) is 323 Å². The third-order valence-corrected chi connectivity index (χ3v) is 13.5. The van der Waals surface area contributed by atoms with Gasteiger partial charge in [0.2, 0.25) is 33.1 Å². The van der Waals surface area contributed by atoms with E-state index in [1.54, 1.807) is 13.8 Å². The van der Waals surface area contributed by atoms with Crippen molar-refractivity contribution >= 4 is 64.1 Å². The van der Waals surface area contributed by atoms with Gasteiger partial charge in [0.05, 0.1) is 23.1 Å². The number of nitrogens with one attached hydrogen (secondary N) is 1. The molecule has 24 nitrogen and oxygen atoms in total. The Morgan fingerprint density at radius 3 is 1.56 bits per heavy atom. The van der Waals surface area contributed by atoms with Crippen LogP contribution in [-0.4, -0.2) is 132 Å². The SMILES string of the molecule is CCOC(=O)CN(Cc1cccc(CN2CCCC2)c1)c1nc(OC2C[C@@H]3C[C@@H]3C2)nc(N)c1[N+](=O)[O-].CCOC(=O)CN(Cc1cccc(CN2CCCC2)c1)c1nc(S(C)(=O)=O)nc(N)c1[N+](=O)[O-].[B]=N. The number of carbonyl (C=O) groups excluding carboxylic acids is 2. The van der Waals surface area contributed by atoms with E-state index in [0.717, 1.165) is 93.5 Å². The number of nitrogen functional groups attached to an aromatic ring is 2. The van der Waals surface area contributed by atoms with Crippen molar-refractivity contribution in [1.29, 1.82) is 5.31 Å². The van der Waals surface area contributed by atoms with Crippen molar-refractivity contribution in [2.45, 2.75) is 96.2 Å². The molecule has 0 spiro atoms. The second-order valence-corrected chi connectivity index (χ2v) is 20.2. The predicted molar refractivity (Wildman–Crippen MR) is 270 cm³/mol. The van der Waals surface area contributed by atoms with E-state index in [9.17, 15) is 38.2 Å². The van der Waals surface area contributed by atoms with E-state index in [1.165, 1.54) is 29.1 Å². The Labute approximate surface area is 424 Å². The van der Waals surface area contributed by atoms with E-state index in [-0.39, 0.29) is 62.4 Å². The minimum atomic E-state index is -3.93. The molecule has 8 rings (SSSR count). The molecule has 73 heavy (non-hydrogen) atoms. The van der Waals surface area contributed by atoms with Gasteiger partial charge in [-0.3, -0.25) is 39.6 Å². The molecule has 2 aliphatic heterocycles. The van der Waals surface area contributed by atoms with Crippen molar-refractivity contribution in [3.05, 3.63) is 91.0 Å². The van der Waals surface area contributed by atoms with Gasteiger partial charge >= 0.3 is 42.3 Å². The van der Waals surface area contributed by atoms with Gasteiger partial charge in [0.15, 0.2) is 0 Å². The van der Waals surface area contributed by atoms with Crippen LogP contribution in [0.5, 0.6) is 6.01 Å². The van der Waals surface area contributed by atoms with Gasteiger partial charge in [-0.1, -0.05) is 48.5 Å². The normalized spacial score (nSPS) is 18.0. The zero-order valence-electron chi connectivity index (χ0n) is 41.4. The number of rotatable bonds is 21. The molecule has 4 fully saturated rings. The molecule has 4 aliphatic rings. The fraction of sp³-hybridized carbons (Fsp3) is 0.532. The summed E-state index contributed by atoms with van der Waals surface area (Å²) in [5, 5.41) is 28.4. The van der Waals surface area contributed by atoms with Gasteiger partial charge in [-0.15, -0.1) is 0 Å². The van der Waals surface area contributed by atoms with Crippen molar-refractivity contribution in [2.24, 2.45) is 11.8 Å². The maximum atomic E-state index is 12.5. The van der Waals surface area contributed by atoms with Crippen LogP contribution in [-0.2, 0) is 55.1 Å². The van der Waals surface area contributed by atoms with Gasteiger partial charge in [-0.25, -0.2) is 8.42 Å². The monoisotopic (exact) mass is 1030 g/mol. The molecule has 4 heterocycles. The molecule has 26 heteroatoms. The Bertz CT molecular complexity index is 2700. The Morgan fingerprint density at radius 1 is 0.712 bits per heavy atom. The van der Waals surface area contributed by atoms with Crippen molar-refractivity contribution in [2.75, 3.05) is 80.0 Å². The number of nitrogens with two attached hydrogens (primary N) is 2. The van der Waals surface area contributed by atoms with Crippen molar-refractivity contribution in [1.82, 2.24) is 29.7 Å². The summed E-state index contributed by atoms with van der Waals surface area (Å²) in [7, 11) is -0.179. The van der Waals surface area contributed by atoms with E-state index in [0.29, 0.717) is 11.8 Å². The number of nitrogens with zero attached hydrogens (tertiary/aromatic N) is 10. The maximum absolute atomic E-state index is 12.5. The van der Waals surface area contributed by atoms with Crippen LogP contribution in [0.2, 0.25) is 0 Å². The molecule has 2 aliphatic carbocycles. The molecule has 3 atom stereocenters. The number of ether oxygens (including phenoxy) is 3. The first-order valence-electron chi connectivity index (χ1n) is 24.2. The third-order valence-electron chi connectivity index (χ3n) is 12.7. The quantitative estimate of drug-likeness (QED) is 0.0333. The fourth-order valence-electron chi connectivity index (χ4n) is 9.42. The predicted octanol–water partition coefficient (Wildman–Crippen LogP) is 4.76. The minimum absolute atomic E-state index is 0.000966. The molecular weight excluding hydrogens is 965 g/mol. The van der Waals surface area contributed by atoms with Crippen LogP contribution >= 0.6 is 0 Å². The summed E-state index contributed by atoms with van der Waals surface area (Å²) in [6.07, 6.45) is 8.67. The molecule has 391 valence electrons. The average Bonchev–Trinajstić information content (AvgIpc) is 3.74. The zero-order valence-corrected chi connectivity index (χ0v) is 42.2. The first-order valence-corrected chi connectivity index (χ1v) is 26.1. The Hall–Kier alpha value is -6.93. The molecule has 1 unspecified atom stereocenters. The first kappa shape index (κ1) is 55.4. The van der Waals surface area contributed by atoms with Gasteiger partial charge < -0.3 is 35.5 Å². The van der Waals surface area contributed by atoms with Crippen LogP contribution in [0.4, 0.5) is 34.6 Å². The average molecular weight is 1030 g/mol. The zero-order chi connectivity index (χ0) is 52.8. The fourth-order valence-corrected chi connectivity index (χ4v) is 9.94. The Kier molecular flexibility index (Phi) is 19.5. The molecule has 5 N–H and O–H groups in total. The van der Waals surface area contributed by atoms with Crippen LogP contribution in [0.15, 0.2) is 53.7 Å². The number of anilines is 4. The van der Waals surface area contributed by atoms with E-state index >= 15 is 0 Å². The second kappa shape index (κ2) is 25.6. The number of aromatic nitrogens is 4. The Morgan fingerprint density at radius 2 is 1.14 bits per heavy atom. The number of carbonyl (C=O) groups is 2. The molecule has 2 aromatic heterocycles. The molecule has 0 amide bonds. The van der Waals surface area contributed by atoms with E-state index in [1.807, 2.05) is 36.4 Å². The number of esters is 2. The molecule has 2 saturated carbocycles. The van der Waals surface area contributed by atoms with E-state index < -0.39 is 60.5 Å². The summed E-state index contributed by atoms with van der Waals surface area (Å²) < 4.78 is 40.3. The number of likely N-dealkylation sites (tertiary alicyclic amines) is 2. The third kappa shape index (κ3) is 15.5. The van der Waals surface area contributed by atoms with Crippen LogP contribution < -0.4 is 26.0 Å². The number of fused-ring (bicyclic) bond motifs is 1. The van der Waals surface area contributed by atoms with Crippen LogP contribution in [0, 0.1) is 37.4 Å². The van der Waals surface area contributed by atoms with Crippen LogP contribution in [0.1, 0.15) is 81.0 Å². The van der Waals surface area contributed by atoms with Gasteiger partial charge in [-0.2, -0.15) is 19.9 Å². The molecule has 1 radical (unpaired) electrons. The molecule has 2 aromatic carbocycles. The summed E-state index contributed by atoms with van der Waals surface area (Å²) >= 11 is 0. The summed E-state index contributed by atoms with van der Waals surface area (Å²) in [6.45, 7) is 9.10.